The first-order valence-electron chi connectivity index (χ1n) is 9.21. The molecule has 5 nitrogen and oxygen atoms in total. The molecule has 140 valence electrons. The van der Waals surface area contributed by atoms with E-state index >= 15 is 0 Å². The molecule has 4 aromatic rings. The van der Waals surface area contributed by atoms with Gasteiger partial charge in [0, 0.05) is 36.5 Å². The number of aromatic amines is 1. The highest BCUT2D eigenvalue weighted by atomic mass is 35.5. The van der Waals surface area contributed by atoms with Gasteiger partial charge in [-0.3, -0.25) is 0 Å². The van der Waals surface area contributed by atoms with Crippen LogP contribution < -0.4 is 4.90 Å². The average molecular weight is 394 g/mol. The summed E-state index contributed by atoms with van der Waals surface area (Å²) in [5.41, 5.74) is 3.56. The van der Waals surface area contributed by atoms with Crippen LogP contribution in [0.25, 0.3) is 33.5 Å². The number of halogens is 2. The normalized spacial score (nSPS) is 14.1. The Morgan fingerprint density at radius 1 is 1.04 bits per heavy atom. The number of imidazole rings is 1. The molecular formula is C21H17ClFN5. The third-order valence-electron chi connectivity index (χ3n) is 5.07. The Morgan fingerprint density at radius 3 is 2.68 bits per heavy atom. The molecule has 3 aromatic heterocycles. The van der Waals surface area contributed by atoms with Gasteiger partial charge >= 0.3 is 0 Å². The van der Waals surface area contributed by atoms with Gasteiger partial charge in [-0.2, -0.15) is 0 Å². The number of rotatable bonds is 3. The maximum atomic E-state index is 14.6. The van der Waals surface area contributed by atoms with Crippen LogP contribution in [0.3, 0.4) is 0 Å². The Morgan fingerprint density at radius 2 is 1.86 bits per heavy atom. The Balaban J connectivity index is 1.78. The molecule has 0 amide bonds. The molecule has 0 bridgehead atoms. The van der Waals surface area contributed by atoms with Gasteiger partial charge in [0.05, 0.1) is 22.8 Å². The van der Waals surface area contributed by atoms with E-state index in [0.717, 1.165) is 48.4 Å². The van der Waals surface area contributed by atoms with Gasteiger partial charge in [-0.1, -0.05) is 29.8 Å². The smallest absolute Gasteiger partial charge is 0.142 e. The van der Waals surface area contributed by atoms with Gasteiger partial charge in [0.2, 0.25) is 0 Å². The molecule has 0 spiro atoms. The quantitative estimate of drug-likeness (QED) is 0.493. The Bertz CT molecular complexity index is 1170. The summed E-state index contributed by atoms with van der Waals surface area (Å²) >= 11 is 6.02. The fourth-order valence-electron chi connectivity index (χ4n) is 3.76. The van der Waals surface area contributed by atoms with Crippen LogP contribution in [0.4, 0.5) is 10.2 Å². The number of benzene rings is 1. The second-order valence-electron chi connectivity index (χ2n) is 6.84. The molecule has 0 unspecified atom stereocenters. The second-order valence-corrected chi connectivity index (χ2v) is 7.23. The molecule has 1 aromatic carbocycles. The molecule has 1 saturated heterocycles. The molecule has 1 aliphatic rings. The first kappa shape index (κ1) is 17.1. The standard InChI is InChI=1S/C21H17ClFN5/c22-18-11-16-17(12-25-18)27-20(26-16)19-14(13-5-1-2-6-15(13)23)7-8-24-21(19)28-9-3-4-10-28/h1-2,5-8,11-12H,3-4,9-10H2,(H,26,27). The first-order chi connectivity index (χ1) is 13.7. The number of anilines is 1. The van der Waals surface area contributed by atoms with E-state index in [-0.39, 0.29) is 5.82 Å². The monoisotopic (exact) mass is 393 g/mol. The molecule has 4 heterocycles. The van der Waals surface area contributed by atoms with E-state index in [1.165, 1.54) is 6.07 Å². The number of hydrogen-bond acceptors (Lipinski definition) is 4. The molecule has 0 saturated carbocycles. The van der Waals surface area contributed by atoms with Crippen LogP contribution in [0, 0.1) is 5.82 Å². The van der Waals surface area contributed by atoms with Gasteiger partial charge in [0.15, 0.2) is 0 Å². The summed E-state index contributed by atoms with van der Waals surface area (Å²) in [6, 6.07) is 10.3. The van der Waals surface area contributed by atoms with Crippen molar-refractivity contribution < 1.29 is 4.39 Å². The predicted octanol–water partition coefficient (Wildman–Crippen LogP) is 5.08. The lowest BCUT2D eigenvalue weighted by molar-refractivity contribution is 0.631. The number of pyridine rings is 2. The van der Waals surface area contributed by atoms with Crippen molar-refractivity contribution >= 4 is 28.5 Å². The van der Waals surface area contributed by atoms with Crippen molar-refractivity contribution in [1.82, 2.24) is 19.9 Å². The highest BCUT2D eigenvalue weighted by Gasteiger charge is 2.24. The number of aromatic nitrogens is 4. The number of nitrogens with zero attached hydrogens (tertiary/aromatic N) is 4. The fraction of sp³-hybridized carbons (Fsp3) is 0.190. The molecule has 1 aliphatic heterocycles. The Labute approximate surface area is 166 Å². The molecule has 0 aliphatic carbocycles. The van der Waals surface area contributed by atoms with Crippen LogP contribution >= 0.6 is 11.6 Å². The summed E-state index contributed by atoms with van der Waals surface area (Å²) in [5.74, 6) is 1.17. The van der Waals surface area contributed by atoms with Crippen LogP contribution in [0.5, 0.6) is 0 Å². The van der Waals surface area contributed by atoms with Crippen molar-refractivity contribution in [3.8, 4) is 22.5 Å². The van der Waals surface area contributed by atoms with Crippen LogP contribution in [-0.4, -0.2) is 33.0 Å². The van der Waals surface area contributed by atoms with E-state index in [2.05, 4.69) is 19.9 Å². The number of fused-ring (bicyclic) bond motifs is 1. The van der Waals surface area contributed by atoms with Crippen molar-refractivity contribution in [2.45, 2.75) is 12.8 Å². The number of H-pyrrole nitrogens is 1. The number of hydrogen-bond donors (Lipinski definition) is 1. The minimum atomic E-state index is -0.275. The van der Waals surface area contributed by atoms with Gasteiger partial charge in [0.1, 0.15) is 22.6 Å². The topological polar surface area (TPSA) is 57.7 Å². The highest BCUT2D eigenvalue weighted by Crippen LogP contribution is 2.39. The summed E-state index contributed by atoms with van der Waals surface area (Å²) in [6.45, 7) is 1.85. The zero-order valence-corrected chi connectivity index (χ0v) is 15.7. The molecule has 0 radical (unpaired) electrons. The lowest BCUT2D eigenvalue weighted by Crippen LogP contribution is -2.20. The Kier molecular flexibility index (Phi) is 4.20. The maximum absolute atomic E-state index is 14.6. The van der Waals surface area contributed by atoms with Crippen LogP contribution in [0.2, 0.25) is 5.15 Å². The molecule has 5 rings (SSSR count). The predicted molar refractivity (Wildman–Crippen MR) is 109 cm³/mol. The van der Waals surface area contributed by atoms with E-state index in [9.17, 15) is 4.39 Å². The molecule has 1 N–H and O–H groups in total. The van der Waals surface area contributed by atoms with E-state index in [1.54, 1.807) is 30.6 Å². The molecule has 1 fully saturated rings. The zero-order valence-electron chi connectivity index (χ0n) is 15.0. The zero-order chi connectivity index (χ0) is 19.1. The first-order valence-corrected chi connectivity index (χ1v) is 9.59. The van der Waals surface area contributed by atoms with Crippen molar-refractivity contribution in [3.63, 3.8) is 0 Å². The maximum Gasteiger partial charge on any atom is 0.142 e. The van der Waals surface area contributed by atoms with Gasteiger partial charge < -0.3 is 9.88 Å². The van der Waals surface area contributed by atoms with E-state index in [1.807, 2.05) is 12.1 Å². The average Bonchev–Trinajstić information content (AvgIpc) is 3.37. The molecular weight excluding hydrogens is 377 g/mol. The summed E-state index contributed by atoms with van der Waals surface area (Å²) in [4.78, 5) is 19.0. The van der Waals surface area contributed by atoms with Gasteiger partial charge in [0.25, 0.3) is 0 Å². The summed E-state index contributed by atoms with van der Waals surface area (Å²) < 4.78 is 14.6. The second kappa shape index (κ2) is 6.87. The van der Waals surface area contributed by atoms with E-state index in [4.69, 9.17) is 16.6 Å². The summed E-state index contributed by atoms with van der Waals surface area (Å²) in [5, 5.41) is 0.380. The van der Waals surface area contributed by atoms with Crippen molar-refractivity contribution in [2.24, 2.45) is 0 Å². The lowest BCUT2D eigenvalue weighted by atomic mass is 9.99. The minimum Gasteiger partial charge on any atom is -0.356 e. The Hall–Kier alpha value is -2.99. The highest BCUT2D eigenvalue weighted by molar-refractivity contribution is 6.29. The van der Waals surface area contributed by atoms with Crippen LogP contribution in [0.1, 0.15) is 12.8 Å². The van der Waals surface area contributed by atoms with Gasteiger partial charge in [-0.05, 0) is 25.0 Å². The molecule has 28 heavy (non-hydrogen) atoms. The van der Waals surface area contributed by atoms with Crippen LogP contribution in [-0.2, 0) is 0 Å². The third-order valence-corrected chi connectivity index (χ3v) is 5.28. The largest absolute Gasteiger partial charge is 0.356 e. The van der Waals surface area contributed by atoms with Crippen LogP contribution in [0.15, 0.2) is 48.8 Å². The van der Waals surface area contributed by atoms with Gasteiger partial charge in [-0.15, -0.1) is 0 Å². The molecule has 0 atom stereocenters. The van der Waals surface area contributed by atoms with Crippen molar-refractivity contribution in [3.05, 3.63) is 59.8 Å². The van der Waals surface area contributed by atoms with Gasteiger partial charge in [-0.25, -0.2) is 19.3 Å². The lowest BCUT2D eigenvalue weighted by Gasteiger charge is -2.21. The van der Waals surface area contributed by atoms with Crippen molar-refractivity contribution in [1.29, 1.82) is 0 Å². The molecule has 7 heteroatoms. The fourth-order valence-corrected chi connectivity index (χ4v) is 3.91. The van der Waals surface area contributed by atoms with Crippen molar-refractivity contribution in [2.75, 3.05) is 18.0 Å². The summed E-state index contributed by atoms with van der Waals surface area (Å²) in [6.07, 6.45) is 5.62. The number of nitrogens with one attached hydrogen (secondary N) is 1. The third kappa shape index (κ3) is 2.90. The SMILES string of the molecule is Fc1ccccc1-c1ccnc(N2CCCC2)c1-c1nc2cc(Cl)ncc2[nH]1. The minimum absolute atomic E-state index is 0.275. The van der Waals surface area contributed by atoms with E-state index in [0.29, 0.717) is 22.1 Å². The van der Waals surface area contributed by atoms with E-state index < -0.39 is 0 Å². The summed E-state index contributed by atoms with van der Waals surface area (Å²) in [7, 11) is 0.